The van der Waals surface area contributed by atoms with Gasteiger partial charge in [-0.3, -0.25) is 9.80 Å². The van der Waals surface area contributed by atoms with Crippen molar-refractivity contribution in [3.63, 3.8) is 0 Å². The Morgan fingerprint density at radius 1 is 0.906 bits per heavy atom. The minimum Gasteiger partial charge on any atom is -0.497 e. The van der Waals surface area contributed by atoms with E-state index in [1.165, 1.54) is 11.1 Å². The van der Waals surface area contributed by atoms with Crippen LogP contribution in [-0.2, 0) is 13.1 Å². The summed E-state index contributed by atoms with van der Waals surface area (Å²) in [5.41, 5.74) is 3.55. The third-order valence-electron chi connectivity index (χ3n) is 5.99. The van der Waals surface area contributed by atoms with Gasteiger partial charge in [-0.2, -0.15) is 4.98 Å². The smallest absolute Gasteiger partial charge is 0.241 e. The molecule has 1 aliphatic heterocycles. The molecule has 0 atom stereocenters. The Morgan fingerprint density at radius 2 is 1.59 bits per heavy atom. The Balaban J connectivity index is 1.31. The van der Waals surface area contributed by atoms with Gasteiger partial charge in [-0.15, -0.1) is 0 Å². The van der Waals surface area contributed by atoms with Gasteiger partial charge < -0.3 is 14.0 Å². The molecule has 0 unspecified atom stereocenters. The van der Waals surface area contributed by atoms with Crippen molar-refractivity contribution in [3.05, 3.63) is 59.5 Å². The van der Waals surface area contributed by atoms with Crippen LogP contribution in [0.15, 0.2) is 47.0 Å². The fraction of sp³-hybridized carbons (Fsp3) is 0.440. The first-order chi connectivity index (χ1) is 15.6. The zero-order chi connectivity index (χ0) is 22.5. The molecule has 0 N–H and O–H groups in total. The number of ether oxygens (including phenoxy) is 2. The van der Waals surface area contributed by atoms with Crippen LogP contribution >= 0.6 is 0 Å². The van der Waals surface area contributed by atoms with Gasteiger partial charge in [0.05, 0.1) is 26.3 Å². The van der Waals surface area contributed by atoms with Gasteiger partial charge in [-0.25, -0.2) is 0 Å². The molecule has 0 radical (unpaired) electrons. The van der Waals surface area contributed by atoms with Crippen LogP contribution in [0.5, 0.6) is 11.5 Å². The van der Waals surface area contributed by atoms with Crippen molar-refractivity contribution in [1.29, 1.82) is 0 Å². The maximum absolute atomic E-state index is 5.53. The number of piperazine rings is 1. The molecule has 2 aromatic carbocycles. The van der Waals surface area contributed by atoms with E-state index in [0.29, 0.717) is 29.9 Å². The van der Waals surface area contributed by atoms with Crippen LogP contribution < -0.4 is 9.47 Å². The molecule has 4 rings (SSSR count). The van der Waals surface area contributed by atoms with Crippen molar-refractivity contribution >= 4 is 0 Å². The molecule has 1 saturated heterocycles. The molecule has 1 aliphatic rings. The Bertz CT molecular complexity index is 1010. The Hall–Kier alpha value is -2.90. The first-order valence-corrected chi connectivity index (χ1v) is 11.1. The molecule has 2 heterocycles. The highest BCUT2D eigenvalue weighted by Gasteiger charge is 2.20. The zero-order valence-corrected chi connectivity index (χ0v) is 19.4. The molecule has 1 aromatic heterocycles. The monoisotopic (exact) mass is 436 g/mol. The normalized spacial score (nSPS) is 15.3. The summed E-state index contributed by atoms with van der Waals surface area (Å²) < 4.78 is 16.2. The summed E-state index contributed by atoms with van der Waals surface area (Å²) in [6, 6.07) is 14.6. The molecule has 32 heavy (non-hydrogen) atoms. The Morgan fingerprint density at radius 3 is 2.22 bits per heavy atom. The van der Waals surface area contributed by atoms with Gasteiger partial charge in [0.15, 0.2) is 0 Å². The van der Waals surface area contributed by atoms with E-state index >= 15 is 0 Å². The van der Waals surface area contributed by atoms with Crippen molar-refractivity contribution in [1.82, 2.24) is 19.9 Å². The number of methoxy groups -OCH3 is 2. The molecule has 0 amide bonds. The van der Waals surface area contributed by atoms with Crippen molar-refractivity contribution in [3.8, 4) is 22.9 Å². The van der Waals surface area contributed by atoms with E-state index in [2.05, 4.69) is 58.1 Å². The van der Waals surface area contributed by atoms with Crippen LogP contribution in [0.4, 0.5) is 0 Å². The maximum atomic E-state index is 5.53. The summed E-state index contributed by atoms with van der Waals surface area (Å²) in [6.45, 7) is 10.1. The number of hydrogen-bond donors (Lipinski definition) is 0. The van der Waals surface area contributed by atoms with Gasteiger partial charge in [-0.1, -0.05) is 43.3 Å². The highest BCUT2D eigenvalue weighted by Crippen LogP contribution is 2.31. The first kappa shape index (κ1) is 22.3. The number of aromatic nitrogens is 2. The third-order valence-corrected chi connectivity index (χ3v) is 5.99. The molecule has 1 fully saturated rings. The summed E-state index contributed by atoms with van der Waals surface area (Å²) in [5, 5.41) is 4.16. The standard InChI is InChI=1S/C25H32N4O3/c1-18(2)20-7-5-19(6-8-20)16-28-11-13-29(14-12-28)17-24-26-25(27-32-24)22-10-9-21(30-3)15-23(22)31-4/h5-10,15,18H,11-14,16-17H2,1-4H3. The van der Waals surface area contributed by atoms with Gasteiger partial charge in [0.2, 0.25) is 11.7 Å². The van der Waals surface area contributed by atoms with Crippen LogP contribution in [0.2, 0.25) is 0 Å². The van der Waals surface area contributed by atoms with Crippen LogP contribution in [0, 0.1) is 0 Å². The van der Waals surface area contributed by atoms with Gasteiger partial charge in [-0.05, 0) is 29.2 Å². The second-order valence-electron chi connectivity index (χ2n) is 8.53. The maximum Gasteiger partial charge on any atom is 0.241 e. The summed E-state index contributed by atoms with van der Waals surface area (Å²) in [6.07, 6.45) is 0. The average molecular weight is 437 g/mol. The lowest BCUT2D eigenvalue weighted by Crippen LogP contribution is -2.45. The van der Waals surface area contributed by atoms with Crippen LogP contribution in [-0.4, -0.2) is 60.3 Å². The van der Waals surface area contributed by atoms with Crippen molar-refractivity contribution in [2.24, 2.45) is 0 Å². The minimum absolute atomic E-state index is 0.531. The quantitative estimate of drug-likeness (QED) is 0.524. The van der Waals surface area contributed by atoms with E-state index in [4.69, 9.17) is 14.0 Å². The number of benzene rings is 2. The SMILES string of the molecule is COc1ccc(-c2noc(CN3CCN(Cc4ccc(C(C)C)cc4)CC3)n2)c(OC)c1. The summed E-state index contributed by atoms with van der Waals surface area (Å²) in [4.78, 5) is 9.46. The summed E-state index contributed by atoms with van der Waals surface area (Å²) in [5.74, 6) is 3.11. The van der Waals surface area contributed by atoms with Crippen molar-refractivity contribution in [2.75, 3.05) is 40.4 Å². The Kier molecular flexibility index (Phi) is 7.07. The zero-order valence-electron chi connectivity index (χ0n) is 19.4. The molecule has 0 saturated carbocycles. The average Bonchev–Trinajstić information content (AvgIpc) is 3.28. The number of hydrogen-bond acceptors (Lipinski definition) is 7. The van der Waals surface area contributed by atoms with Crippen LogP contribution in [0.1, 0.15) is 36.8 Å². The molecule has 7 heteroatoms. The lowest BCUT2D eigenvalue weighted by atomic mass is 10.0. The molecule has 0 aliphatic carbocycles. The highest BCUT2D eigenvalue weighted by atomic mass is 16.5. The van der Waals surface area contributed by atoms with E-state index < -0.39 is 0 Å². The molecule has 170 valence electrons. The molecule has 3 aromatic rings. The van der Waals surface area contributed by atoms with Crippen molar-refractivity contribution in [2.45, 2.75) is 32.9 Å². The Labute approximate surface area is 189 Å². The van der Waals surface area contributed by atoms with E-state index in [1.807, 2.05) is 18.2 Å². The summed E-state index contributed by atoms with van der Waals surface area (Å²) in [7, 11) is 3.25. The van der Waals surface area contributed by atoms with E-state index in [1.54, 1.807) is 14.2 Å². The van der Waals surface area contributed by atoms with E-state index in [9.17, 15) is 0 Å². The predicted octanol–water partition coefficient (Wildman–Crippen LogP) is 4.20. The molecule has 7 nitrogen and oxygen atoms in total. The topological polar surface area (TPSA) is 63.9 Å². The van der Waals surface area contributed by atoms with Gasteiger partial charge in [0.25, 0.3) is 0 Å². The molecule has 0 bridgehead atoms. The van der Waals surface area contributed by atoms with Crippen molar-refractivity contribution < 1.29 is 14.0 Å². The van der Waals surface area contributed by atoms with Gasteiger partial charge in [0.1, 0.15) is 11.5 Å². The van der Waals surface area contributed by atoms with Crippen LogP contribution in [0.25, 0.3) is 11.4 Å². The van der Waals surface area contributed by atoms with Crippen LogP contribution in [0.3, 0.4) is 0 Å². The largest absolute Gasteiger partial charge is 0.497 e. The molecular formula is C25H32N4O3. The van der Waals surface area contributed by atoms with Gasteiger partial charge >= 0.3 is 0 Å². The lowest BCUT2D eigenvalue weighted by molar-refractivity contribution is 0.112. The molecule has 0 spiro atoms. The van der Waals surface area contributed by atoms with E-state index in [-0.39, 0.29) is 0 Å². The molecular weight excluding hydrogens is 404 g/mol. The lowest BCUT2D eigenvalue weighted by Gasteiger charge is -2.33. The third kappa shape index (κ3) is 5.29. The van der Waals surface area contributed by atoms with Gasteiger partial charge in [0, 0.05) is 38.8 Å². The fourth-order valence-electron chi connectivity index (χ4n) is 3.97. The summed E-state index contributed by atoms with van der Waals surface area (Å²) >= 11 is 0. The second-order valence-corrected chi connectivity index (χ2v) is 8.53. The minimum atomic E-state index is 0.531. The van der Waals surface area contributed by atoms with E-state index in [0.717, 1.165) is 44.0 Å². The predicted molar refractivity (Wildman–Crippen MR) is 124 cm³/mol. The first-order valence-electron chi connectivity index (χ1n) is 11.1. The highest BCUT2D eigenvalue weighted by molar-refractivity contribution is 5.65. The number of nitrogens with zero attached hydrogens (tertiary/aromatic N) is 4. The fourth-order valence-corrected chi connectivity index (χ4v) is 3.97. The second kappa shape index (κ2) is 10.1. The number of rotatable bonds is 8.